The van der Waals surface area contributed by atoms with E-state index in [-0.39, 0.29) is 12.5 Å². The predicted molar refractivity (Wildman–Crippen MR) is 145 cm³/mol. The van der Waals surface area contributed by atoms with Crippen LogP contribution in [0.15, 0.2) is 54.6 Å². The highest BCUT2D eigenvalue weighted by Crippen LogP contribution is 2.20. The number of carbonyl (C=O) groups excluding carboxylic acids is 2. The van der Waals surface area contributed by atoms with Gasteiger partial charge in [-0.3, -0.25) is 13.9 Å². The van der Waals surface area contributed by atoms with Crippen LogP contribution >= 0.6 is 22.6 Å². The Balaban J connectivity index is 2.36. The van der Waals surface area contributed by atoms with Gasteiger partial charge in [0.25, 0.3) is 0 Å². The van der Waals surface area contributed by atoms with Gasteiger partial charge in [0.15, 0.2) is 0 Å². The number of carbonyl (C=O) groups is 2. The molecule has 0 aliphatic rings. The minimum atomic E-state index is -3.73. The van der Waals surface area contributed by atoms with Crippen LogP contribution in [-0.4, -0.2) is 56.1 Å². The monoisotopic (exact) mass is 599 g/mol. The van der Waals surface area contributed by atoms with Crippen molar-refractivity contribution in [2.45, 2.75) is 52.1 Å². The molecule has 186 valence electrons. The third-order valence-corrected chi connectivity index (χ3v) is 7.02. The van der Waals surface area contributed by atoms with Crippen LogP contribution in [0.2, 0.25) is 0 Å². The predicted octanol–water partition coefficient (Wildman–Crippen LogP) is 3.82. The maximum absolute atomic E-state index is 13.6. The smallest absolute Gasteiger partial charge is 0.244 e. The van der Waals surface area contributed by atoms with Crippen molar-refractivity contribution in [3.8, 4) is 0 Å². The van der Waals surface area contributed by atoms with Gasteiger partial charge in [0.05, 0.1) is 11.9 Å². The highest BCUT2D eigenvalue weighted by Gasteiger charge is 2.32. The molecule has 0 fully saturated rings. The highest BCUT2D eigenvalue weighted by atomic mass is 127. The van der Waals surface area contributed by atoms with Crippen molar-refractivity contribution in [2.75, 3.05) is 23.7 Å². The summed E-state index contributed by atoms with van der Waals surface area (Å²) in [7, 11) is -3.73. The first kappa shape index (κ1) is 28.1. The summed E-state index contributed by atoms with van der Waals surface area (Å²) in [6, 6.07) is 15.9. The molecule has 0 unspecified atom stereocenters. The zero-order valence-electron chi connectivity index (χ0n) is 20.4. The molecule has 7 nitrogen and oxygen atoms in total. The van der Waals surface area contributed by atoms with Gasteiger partial charge in [-0.25, -0.2) is 8.42 Å². The van der Waals surface area contributed by atoms with Gasteiger partial charge in [-0.2, -0.15) is 0 Å². The molecule has 2 amide bonds. The third-order valence-electron chi connectivity index (χ3n) is 5.16. The molecule has 0 spiro atoms. The van der Waals surface area contributed by atoms with Gasteiger partial charge < -0.3 is 10.2 Å². The van der Waals surface area contributed by atoms with Crippen molar-refractivity contribution in [1.82, 2.24) is 10.2 Å². The minimum absolute atomic E-state index is 0.253. The lowest BCUT2D eigenvalue weighted by molar-refractivity contribution is -0.140. The van der Waals surface area contributed by atoms with Gasteiger partial charge in [-0.05, 0) is 86.0 Å². The Labute approximate surface area is 217 Å². The molecule has 0 heterocycles. The molecule has 0 saturated carbocycles. The largest absolute Gasteiger partial charge is 0.350 e. The second kappa shape index (κ2) is 12.0. The van der Waals surface area contributed by atoms with Gasteiger partial charge in [0, 0.05) is 15.7 Å². The van der Waals surface area contributed by atoms with Gasteiger partial charge >= 0.3 is 0 Å². The SMILES string of the molecule is CC[C@H](C(=O)NC(C)(C)C)N(CCc1ccccc1)C(=O)CN(c1ccc(I)cc1)S(C)(=O)=O. The third kappa shape index (κ3) is 8.57. The van der Waals surface area contributed by atoms with E-state index >= 15 is 0 Å². The van der Waals surface area contributed by atoms with Gasteiger partial charge in [-0.1, -0.05) is 37.3 Å². The van der Waals surface area contributed by atoms with Crippen LogP contribution in [0.4, 0.5) is 5.69 Å². The summed E-state index contributed by atoms with van der Waals surface area (Å²) in [4.78, 5) is 28.2. The molecular weight excluding hydrogens is 565 g/mol. The van der Waals surface area contributed by atoms with E-state index in [1.807, 2.05) is 58.0 Å². The molecule has 34 heavy (non-hydrogen) atoms. The second-order valence-corrected chi connectivity index (χ2v) is 12.4. The van der Waals surface area contributed by atoms with Crippen LogP contribution in [0.25, 0.3) is 0 Å². The van der Waals surface area contributed by atoms with Crippen molar-refractivity contribution >= 4 is 50.1 Å². The standard InChI is InChI=1S/C25H34IN3O4S/c1-6-22(24(31)27-25(2,3)4)28(17-16-19-10-8-7-9-11-19)23(30)18-29(34(5,32)33)21-14-12-20(26)13-15-21/h7-15,22H,6,16-18H2,1-5H3,(H,27,31)/t22-/m1/s1. The maximum Gasteiger partial charge on any atom is 0.244 e. The molecule has 0 radical (unpaired) electrons. The molecule has 2 aromatic rings. The molecule has 0 bridgehead atoms. The van der Waals surface area contributed by atoms with E-state index in [0.29, 0.717) is 25.1 Å². The van der Waals surface area contributed by atoms with Crippen LogP contribution in [0.5, 0.6) is 0 Å². The Morgan fingerprint density at radius 2 is 1.62 bits per heavy atom. The number of hydrogen-bond donors (Lipinski definition) is 1. The molecule has 2 rings (SSSR count). The van der Waals surface area contributed by atoms with E-state index in [4.69, 9.17) is 0 Å². The zero-order chi connectivity index (χ0) is 25.5. The molecule has 9 heteroatoms. The van der Waals surface area contributed by atoms with Crippen molar-refractivity contribution in [3.63, 3.8) is 0 Å². The average Bonchev–Trinajstić information content (AvgIpc) is 2.74. The van der Waals surface area contributed by atoms with Crippen LogP contribution in [-0.2, 0) is 26.0 Å². The molecule has 2 aromatic carbocycles. The second-order valence-electron chi connectivity index (χ2n) is 9.23. The van der Waals surface area contributed by atoms with E-state index in [2.05, 4.69) is 27.9 Å². The summed E-state index contributed by atoms with van der Waals surface area (Å²) < 4.78 is 27.2. The Morgan fingerprint density at radius 1 is 1.03 bits per heavy atom. The molecule has 0 saturated heterocycles. The van der Waals surface area contributed by atoms with Crippen LogP contribution in [0.3, 0.4) is 0 Å². The fourth-order valence-corrected chi connectivity index (χ4v) is 4.78. The Bertz CT molecular complexity index is 1070. The molecule has 0 aliphatic heterocycles. The Kier molecular flexibility index (Phi) is 9.93. The molecule has 0 aliphatic carbocycles. The molecular formula is C25H34IN3O4S. The first-order valence-electron chi connectivity index (χ1n) is 11.2. The maximum atomic E-state index is 13.6. The number of halogens is 1. The number of amides is 2. The minimum Gasteiger partial charge on any atom is -0.350 e. The Morgan fingerprint density at radius 3 is 2.12 bits per heavy atom. The number of anilines is 1. The molecule has 1 N–H and O–H groups in total. The molecule has 1 atom stereocenters. The van der Waals surface area contributed by atoms with E-state index in [1.165, 1.54) is 4.90 Å². The Hall–Kier alpha value is -2.14. The summed E-state index contributed by atoms with van der Waals surface area (Å²) in [5.74, 6) is -0.674. The first-order chi connectivity index (χ1) is 15.8. The number of nitrogens with one attached hydrogen (secondary N) is 1. The highest BCUT2D eigenvalue weighted by molar-refractivity contribution is 14.1. The quantitative estimate of drug-likeness (QED) is 0.421. The van der Waals surface area contributed by atoms with Crippen molar-refractivity contribution < 1.29 is 18.0 Å². The number of rotatable bonds is 10. The summed E-state index contributed by atoms with van der Waals surface area (Å²) in [6.07, 6.45) is 2.04. The molecule has 0 aromatic heterocycles. The normalized spacial score (nSPS) is 12.6. The lowest BCUT2D eigenvalue weighted by Gasteiger charge is -2.34. The topological polar surface area (TPSA) is 86.8 Å². The lowest BCUT2D eigenvalue weighted by Crippen LogP contribution is -2.56. The summed E-state index contributed by atoms with van der Waals surface area (Å²) >= 11 is 2.14. The van der Waals surface area contributed by atoms with E-state index in [9.17, 15) is 18.0 Å². The first-order valence-corrected chi connectivity index (χ1v) is 14.1. The van der Waals surface area contributed by atoms with Crippen LogP contribution < -0.4 is 9.62 Å². The van der Waals surface area contributed by atoms with Gasteiger partial charge in [-0.15, -0.1) is 0 Å². The van der Waals surface area contributed by atoms with E-state index < -0.39 is 27.5 Å². The fraction of sp³-hybridized carbons (Fsp3) is 0.440. The number of benzene rings is 2. The lowest BCUT2D eigenvalue weighted by atomic mass is 10.1. The van der Waals surface area contributed by atoms with E-state index in [0.717, 1.165) is 19.7 Å². The van der Waals surface area contributed by atoms with E-state index in [1.54, 1.807) is 24.3 Å². The summed E-state index contributed by atoms with van der Waals surface area (Å²) in [5, 5.41) is 2.96. The number of nitrogens with zero attached hydrogens (tertiary/aromatic N) is 2. The van der Waals surface area contributed by atoms with Crippen molar-refractivity contribution in [1.29, 1.82) is 0 Å². The van der Waals surface area contributed by atoms with Crippen molar-refractivity contribution in [2.24, 2.45) is 0 Å². The number of sulfonamides is 1. The number of hydrogen-bond acceptors (Lipinski definition) is 4. The zero-order valence-corrected chi connectivity index (χ0v) is 23.4. The van der Waals surface area contributed by atoms with Crippen LogP contribution in [0, 0.1) is 3.57 Å². The van der Waals surface area contributed by atoms with Gasteiger partial charge in [0.1, 0.15) is 12.6 Å². The van der Waals surface area contributed by atoms with Gasteiger partial charge in [0.2, 0.25) is 21.8 Å². The van der Waals surface area contributed by atoms with Crippen molar-refractivity contribution in [3.05, 3.63) is 63.7 Å². The average molecular weight is 600 g/mol. The van der Waals surface area contributed by atoms with Crippen LogP contribution in [0.1, 0.15) is 39.7 Å². The summed E-state index contributed by atoms with van der Waals surface area (Å²) in [6.45, 7) is 7.42. The fourth-order valence-electron chi connectivity index (χ4n) is 3.57. The summed E-state index contributed by atoms with van der Waals surface area (Å²) in [5.41, 5.74) is 0.981.